The Labute approximate surface area is 159 Å². The summed E-state index contributed by atoms with van der Waals surface area (Å²) >= 11 is 0. The maximum atomic E-state index is 5.97. The molecule has 0 unspecified atom stereocenters. The van der Waals surface area contributed by atoms with E-state index in [-0.39, 0.29) is 0 Å². The number of aromatic nitrogens is 5. The zero-order valence-corrected chi connectivity index (χ0v) is 15.9. The van der Waals surface area contributed by atoms with E-state index in [1.165, 1.54) is 0 Å². The minimum atomic E-state index is 0.306. The van der Waals surface area contributed by atoms with Crippen LogP contribution in [-0.2, 0) is 17.8 Å². The van der Waals surface area contributed by atoms with E-state index in [4.69, 9.17) is 10.5 Å². The molecule has 2 aliphatic rings. The Kier molecular flexibility index (Phi) is 5.61. The molecule has 0 atom stereocenters. The van der Waals surface area contributed by atoms with Gasteiger partial charge in [-0.1, -0.05) is 0 Å². The zero-order valence-electron chi connectivity index (χ0n) is 15.9. The van der Waals surface area contributed by atoms with Gasteiger partial charge in [-0.15, -0.1) is 10.2 Å². The molecule has 1 saturated carbocycles. The number of nitrogens with zero attached hydrogens (tertiary/aromatic N) is 7. The van der Waals surface area contributed by atoms with Crippen LogP contribution in [-0.4, -0.2) is 75.6 Å². The van der Waals surface area contributed by atoms with Crippen LogP contribution in [0.5, 0.6) is 0 Å². The molecule has 0 amide bonds. The molecule has 1 aliphatic carbocycles. The first kappa shape index (κ1) is 18.3. The average molecular weight is 372 g/mol. The van der Waals surface area contributed by atoms with Crippen molar-refractivity contribution in [1.29, 1.82) is 0 Å². The van der Waals surface area contributed by atoms with Gasteiger partial charge in [0.25, 0.3) is 0 Å². The zero-order chi connectivity index (χ0) is 18.6. The Morgan fingerprint density at radius 3 is 2.63 bits per heavy atom. The molecule has 2 aromatic heterocycles. The van der Waals surface area contributed by atoms with Crippen LogP contribution < -0.4 is 10.6 Å². The lowest BCUT2D eigenvalue weighted by molar-refractivity contribution is 0.179. The third-order valence-corrected chi connectivity index (χ3v) is 5.53. The van der Waals surface area contributed by atoms with E-state index in [1.807, 2.05) is 6.20 Å². The molecule has 2 aromatic rings. The van der Waals surface area contributed by atoms with E-state index in [0.29, 0.717) is 18.6 Å². The van der Waals surface area contributed by atoms with E-state index in [2.05, 4.69) is 34.5 Å². The summed E-state index contributed by atoms with van der Waals surface area (Å²) in [6.07, 6.45) is 7.28. The lowest BCUT2D eigenvalue weighted by atomic mass is 9.80. The molecule has 2 N–H and O–H groups in total. The van der Waals surface area contributed by atoms with Crippen molar-refractivity contribution >= 4 is 5.82 Å². The number of anilines is 1. The fraction of sp³-hybridized carbons (Fsp3) is 0.667. The predicted molar refractivity (Wildman–Crippen MR) is 101 cm³/mol. The van der Waals surface area contributed by atoms with E-state index >= 15 is 0 Å². The summed E-state index contributed by atoms with van der Waals surface area (Å²) in [5.41, 5.74) is 5.97. The highest BCUT2D eigenvalue weighted by molar-refractivity contribution is 5.35. The van der Waals surface area contributed by atoms with Gasteiger partial charge in [-0.25, -0.2) is 4.98 Å². The van der Waals surface area contributed by atoms with Crippen LogP contribution in [0.2, 0.25) is 0 Å². The van der Waals surface area contributed by atoms with Gasteiger partial charge in [-0.05, 0) is 12.8 Å². The highest BCUT2D eigenvalue weighted by atomic mass is 16.5. The summed E-state index contributed by atoms with van der Waals surface area (Å²) in [5.74, 6) is 3.48. The number of hydrogen-bond acceptors (Lipinski definition) is 8. The number of methoxy groups -OCH3 is 1. The highest BCUT2D eigenvalue weighted by Crippen LogP contribution is 2.35. The van der Waals surface area contributed by atoms with Crippen LogP contribution in [0.1, 0.15) is 30.4 Å². The minimum Gasteiger partial charge on any atom is -0.383 e. The molecule has 27 heavy (non-hydrogen) atoms. The van der Waals surface area contributed by atoms with Crippen molar-refractivity contribution in [3.8, 4) is 0 Å². The lowest BCUT2D eigenvalue weighted by Crippen LogP contribution is -2.46. The van der Waals surface area contributed by atoms with Gasteiger partial charge >= 0.3 is 0 Å². The van der Waals surface area contributed by atoms with Gasteiger partial charge in [0.05, 0.1) is 19.3 Å². The quantitative estimate of drug-likeness (QED) is 0.738. The van der Waals surface area contributed by atoms with Crippen LogP contribution in [0.4, 0.5) is 5.82 Å². The molecule has 9 nitrogen and oxygen atoms in total. The first-order chi connectivity index (χ1) is 13.2. The second-order valence-corrected chi connectivity index (χ2v) is 7.37. The molecule has 1 aliphatic heterocycles. The van der Waals surface area contributed by atoms with Crippen molar-refractivity contribution in [3.63, 3.8) is 0 Å². The van der Waals surface area contributed by atoms with Gasteiger partial charge in [-0.3, -0.25) is 9.88 Å². The third-order valence-electron chi connectivity index (χ3n) is 5.53. The molecular weight excluding hydrogens is 344 g/mol. The number of nitrogens with two attached hydrogens (primary N) is 1. The van der Waals surface area contributed by atoms with E-state index in [0.717, 1.165) is 69.6 Å². The van der Waals surface area contributed by atoms with Gasteiger partial charge in [0.2, 0.25) is 0 Å². The topological polar surface area (TPSA) is 98.2 Å². The summed E-state index contributed by atoms with van der Waals surface area (Å²) < 4.78 is 7.54. The normalized spacial score (nSPS) is 23.4. The first-order valence-corrected chi connectivity index (χ1v) is 9.64. The number of hydrogen-bond donors (Lipinski definition) is 1. The van der Waals surface area contributed by atoms with Gasteiger partial charge < -0.3 is 19.9 Å². The molecule has 0 radical (unpaired) electrons. The molecular formula is C18H28N8O. The van der Waals surface area contributed by atoms with Crippen molar-refractivity contribution in [2.24, 2.45) is 5.73 Å². The molecule has 146 valence electrons. The van der Waals surface area contributed by atoms with Crippen molar-refractivity contribution < 1.29 is 4.74 Å². The number of rotatable bonds is 7. The Morgan fingerprint density at radius 2 is 1.96 bits per heavy atom. The fourth-order valence-electron chi connectivity index (χ4n) is 3.86. The van der Waals surface area contributed by atoms with Gasteiger partial charge in [0.15, 0.2) is 0 Å². The molecule has 0 spiro atoms. The maximum Gasteiger partial charge on any atom is 0.147 e. The van der Waals surface area contributed by atoms with Crippen molar-refractivity contribution in [2.75, 3.05) is 44.8 Å². The monoisotopic (exact) mass is 372 g/mol. The van der Waals surface area contributed by atoms with Crippen LogP contribution in [0.15, 0.2) is 18.6 Å². The standard InChI is InChI=1S/C18H28N8O/c1-27-9-8-26-17(22-23-18(26)14-10-15(19)11-14)13-24-4-6-25(7-5-24)16-12-20-2-3-21-16/h2-3,12,14-15H,4-11,13,19H2,1H3. The summed E-state index contributed by atoms with van der Waals surface area (Å²) in [6.45, 7) is 6.08. The predicted octanol–water partition coefficient (Wildman–Crippen LogP) is 0.241. The summed E-state index contributed by atoms with van der Waals surface area (Å²) in [7, 11) is 1.73. The SMILES string of the molecule is COCCn1c(CN2CCN(c3cnccn3)CC2)nnc1C1CC(N)C1. The second kappa shape index (κ2) is 8.28. The maximum absolute atomic E-state index is 5.97. The van der Waals surface area contributed by atoms with Crippen LogP contribution in [0.25, 0.3) is 0 Å². The number of ether oxygens (including phenoxy) is 1. The van der Waals surface area contributed by atoms with E-state index in [9.17, 15) is 0 Å². The molecule has 1 saturated heterocycles. The largest absolute Gasteiger partial charge is 0.383 e. The summed E-state index contributed by atoms with van der Waals surface area (Å²) in [5, 5.41) is 9.01. The van der Waals surface area contributed by atoms with Crippen molar-refractivity contribution in [3.05, 3.63) is 30.2 Å². The highest BCUT2D eigenvalue weighted by Gasteiger charge is 2.32. The smallest absolute Gasteiger partial charge is 0.147 e. The Balaban J connectivity index is 1.39. The molecule has 4 rings (SSSR count). The second-order valence-electron chi connectivity index (χ2n) is 7.37. The summed E-state index contributed by atoms with van der Waals surface area (Å²) in [4.78, 5) is 13.3. The molecule has 3 heterocycles. The van der Waals surface area contributed by atoms with E-state index in [1.54, 1.807) is 19.5 Å². The Hall–Kier alpha value is -2.10. The number of piperazine rings is 1. The molecule has 0 aromatic carbocycles. The van der Waals surface area contributed by atoms with Gasteiger partial charge in [0.1, 0.15) is 17.5 Å². The lowest BCUT2D eigenvalue weighted by Gasteiger charge is -2.35. The summed E-state index contributed by atoms with van der Waals surface area (Å²) in [6, 6.07) is 0.306. The van der Waals surface area contributed by atoms with Crippen molar-refractivity contribution in [1.82, 2.24) is 29.6 Å². The molecule has 9 heteroatoms. The third kappa shape index (κ3) is 4.10. The minimum absolute atomic E-state index is 0.306. The average Bonchev–Trinajstić information content (AvgIpc) is 3.07. The molecule has 0 bridgehead atoms. The Bertz CT molecular complexity index is 722. The van der Waals surface area contributed by atoms with Crippen LogP contribution in [0.3, 0.4) is 0 Å². The molecule has 2 fully saturated rings. The van der Waals surface area contributed by atoms with E-state index < -0.39 is 0 Å². The fourth-order valence-corrected chi connectivity index (χ4v) is 3.86. The Morgan fingerprint density at radius 1 is 1.15 bits per heavy atom. The first-order valence-electron chi connectivity index (χ1n) is 9.64. The van der Waals surface area contributed by atoms with Crippen LogP contribution in [0, 0.1) is 0 Å². The van der Waals surface area contributed by atoms with Gasteiger partial charge in [-0.2, -0.15) is 0 Å². The van der Waals surface area contributed by atoms with Crippen LogP contribution >= 0.6 is 0 Å². The van der Waals surface area contributed by atoms with Crippen molar-refractivity contribution in [2.45, 2.75) is 37.9 Å². The van der Waals surface area contributed by atoms with Gasteiger partial charge in [0, 0.05) is 64.2 Å².